The summed E-state index contributed by atoms with van der Waals surface area (Å²) in [5, 5.41) is 16.8. The molecule has 4 rings (SSSR count). The van der Waals surface area contributed by atoms with Gasteiger partial charge in [-0.05, 0) is 46.7 Å². The standard InChI is InChI=1S/C25H26ClN5O2S/c1-2-32-23-15-20(22(26)16-24(23)33-18-19-9-5-3-6-10-19)17-27-13-14-34-25-28-29-30-31(25)21-11-7-4-8-12-21/h3-12,15-16,27H,2,13-14,17-18H2,1H3. The van der Waals surface area contributed by atoms with Crippen molar-refractivity contribution in [2.75, 3.05) is 18.9 Å². The summed E-state index contributed by atoms with van der Waals surface area (Å²) in [6, 6.07) is 23.6. The Kier molecular flexibility index (Phi) is 8.78. The molecule has 0 bridgehead atoms. The smallest absolute Gasteiger partial charge is 0.214 e. The van der Waals surface area contributed by atoms with Crippen molar-refractivity contribution in [2.24, 2.45) is 0 Å². The molecule has 1 N–H and O–H groups in total. The van der Waals surface area contributed by atoms with Crippen LogP contribution in [-0.4, -0.2) is 39.1 Å². The van der Waals surface area contributed by atoms with Gasteiger partial charge in [0.15, 0.2) is 11.5 Å². The number of aromatic nitrogens is 4. The number of nitrogens with one attached hydrogen (secondary N) is 1. The number of halogens is 1. The third-order valence-corrected chi connectivity index (χ3v) is 6.19. The van der Waals surface area contributed by atoms with Crippen molar-refractivity contribution in [3.8, 4) is 17.2 Å². The minimum absolute atomic E-state index is 0.453. The van der Waals surface area contributed by atoms with Gasteiger partial charge in [0.25, 0.3) is 0 Å². The van der Waals surface area contributed by atoms with Gasteiger partial charge in [0, 0.05) is 29.9 Å². The Labute approximate surface area is 208 Å². The highest BCUT2D eigenvalue weighted by Crippen LogP contribution is 2.34. The number of ether oxygens (including phenoxy) is 2. The van der Waals surface area contributed by atoms with Gasteiger partial charge in [-0.2, -0.15) is 4.68 Å². The number of hydrogen-bond donors (Lipinski definition) is 1. The van der Waals surface area contributed by atoms with Crippen LogP contribution < -0.4 is 14.8 Å². The predicted molar refractivity (Wildman–Crippen MR) is 135 cm³/mol. The van der Waals surface area contributed by atoms with Crippen LogP contribution in [0, 0.1) is 0 Å². The summed E-state index contributed by atoms with van der Waals surface area (Å²) < 4.78 is 13.5. The lowest BCUT2D eigenvalue weighted by molar-refractivity contribution is 0.269. The molecule has 7 nitrogen and oxygen atoms in total. The lowest BCUT2D eigenvalue weighted by Crippen LogP contribution is -2.17. The van der Waals surface area contributed by atoms with Gasteiger partial charge < -0.3 is 14.8 Å². The first-order chi connectivity index (χ1) is 16.7. The van der Waals surface area contributed by atoms with Gasteiger partial charge >= 0.3 is 0 Å². The molecule has 0 atom stereocenters. The minimum Gasteiger partial charge on any atom is -0.490 e. The largest absolute Gasteiger partial charge is 0.490 e. The topological polar surface area (TPSA) is 74.1 Å². The summed E-state index contributed by atoms with van der Waals surface area (Å²) in [5.74, 6) is 2.14. The summed E-state index contributed by atoms with van der Waals surface area (Å²) in [4.78, 5) is 0. The Hall–Kier alpha value is -3.07. The van der Waals surface area contributed by atoms with Crippen LogP contribution in [0.25, 0.3) is 5.69 Å². The molecule has 1 aromatic heterocycles. The number of para-hydroxylation sites is 1. The Balaban J connectivity index is 1.31. The van der Waals surface area contributed by atoms with E-state index in [2.05, 4.69) is 20.8 Å². The number of benzene rings is 3. The zero-order valence-corrected chi connectivity index (χ0v) is 20.4. The molecule has 0 aliphatic carbocycles. The molecule has 34 heavy (non-hydrogen) atoms. The van der Waals surface area contributed by atoms with E-state index in [1.807, 2.05) is 79.7 Å². The fraction of sp³-hybridized carbons (Fsp3) is 0.240. The molecular formula is C25H26ClN5O2S. The Morgan fingerprint density at radius 3 is 2.47 bits per heavy atom. The molecule has 0 spiro atoms. The van der Waals surface area contributed by atoms with Gasteiger partial charge in [0.05, 0.1) is 12.3 Å². The zero-order valence-electron chi connectivity index (χ0n) is 18.9. The lowest BCUT2D eigenvalue weighted by Gasteiger charge is -2.15. The van der Waals surface area contributed by atoms with Crippen LogP contribution >= 0.6 is 23.4 Å². The van der Waals surface area contributed by atoms with Crippen LogP contribution in [0.3, 0.4) is 0 Å². The maximum Gasteiger partial charge on any atom is 0.214 e. The molecule has 9 heteroatoms. The summed E-state index contributed by atoms with van der Waals surface area (Å²) >= 11 is 8.15. The van der Waals surface area contributed by atoms with E-state index in [0.29, 0.717) is 36.3 Å². The van der Waals surface area contributed by atoms with Gasteiger partial charge in [0.1, 0.15) is 6.61 Å². The first kappa shape index (κ1) is 24.1. The second kappa shape index (κ2) is 12.4. The number of rotatable bonds is 12. The quantitative estimate of drug-likeness (QED) is 0.214. The predicted octanol–water partition coefficient (Wildman–Crippen LogP) is 5.18. The molecule has 0 unspecified atom stereocenters. The summed E-state index contributed by atoms with van der Waals surface area (Å²) in [7, 11) is 0. The van der Waals surface area contributed by atoms with Crippen molar-refractivity contribution in [3.63, 3.8) is 0 Å². The molecular weight excluding hydrogens is 470 g/mol. The van der Waals surface area contributed by atoms with E-state index in [0.717, 1.165) is 34.3 Å². The second-order valence-corrected chi connectivity index (χ2v) is 8.80. The number of nitrogens with zero attached hydrogens (tertiary/aromatic N) is 4. The molecule has 4 aromatic rings. The Morgan fingerprint density at radius 2 is 1.71 bits per heavy atom. The van der Waals surface area contributed by atoms with Crippen LogP contribution in [0.1, 0.15) is 18.1 Å². The number of tetrazole rings is 1. The van der Waals surface area contributed by atoms with E-state index in [9.17, 15) is 0 Å². The first-order valence-corrected chi connectivity index (χ1v) is 12.4. The number of hydrogen-bond acceptors (Lipinski definition) is 7. The van der Waals surface area contributed by atoms with Crippen LogP contribution in [0.2, 0.25) is 5.02 Å². The molecule has 0 fully saturated rings. The van der Waals surface area contributed by atoms with Crippen LogP contribution in [-0.2, 0) is 13.2 Å². The molecule has 1 heterocycles. The van der Waals surface area contributed by atoms with Crippen molar-refractivity contribution < 1.29 is 9.47 Å². The Bertz CT molecular complexity index is 1170. The van der Waals surface area contributed by atoms with Gasteiger partial charge in [-0.15, -0.1) is 5.10 Å². The van der Waals surface area contributed by atoms with Crippen LogP contribution in [0.4, 0.5) is 0 Å². The van der Waals surface area contributed by atoms with E-state index in [4.69, 9.17) is 21.1 Å². The molecule has 0 aliphatic heterocycles. The van der Waals surface area contributed by atoms with Crippen molar-refractivity contribution in [1.82, 2.24) is 25.5 Å². The van der Waals surface area contributed by atoms with Crippen molar-refractivity contribution >= 4 is 23.4 Å². The lowest BCUT2D eigenvalue weighted by atomic mass is 10.2. The molecule has 0 saturated carbocycles. The van der Waals surface area contributed by atoms with E-state index in [1.54, 1.807) is 16.4 Å². The average Bonchev–Trinajstić information content (AvgIpc) is 3.34. The van der Waals surface area contributed by atoms with Crippen molar-refractivity contribution in [2.45, 2.75) is 25.2 Å². The minimum atomic E-state index is 0.453. The van der Waals surface area contributed by atoms with Crippen molar-refractivity contribution in [3.05, 3.63) is 88.9 Å². The van der Waals surface area contributed by atoms with Gasteiger partial charge in [-0.25, -0.2) is 0 Å². The molecule has 3 aromatic carbocycles. The third kappa shape index (κ3) is 6.50. The molecule has 176 valence electrons. The van der Waals surface area contributed by atoms with Gasteiger partial charge in [0.2, 0.25) is 5.16 Å². The Morgan fingerprint density at radius 1 is 0.971 bits per heavy atom. The highest BCUT2D eigenvalue weighted by Gasteiger charge is 2.12. The highest BCUT2D eigenvalue weighted by molar-refractivity contribution is 7.99. The third-order valence-electron chi connectivity index (χ3n) is 4.92. The summed E-state index contributed by atoms with van der Waals surface area (Å²) in [6.45, 7) is 4.33. The molecule has 0 aliphatic rings. The monoisotopic (exact) mass is 495 g/mol. The second-order valence-electron chi connectivity index (χ2n) is 7.33. The average molecular weight is 496 g/mol. The summed E-state index contributed by atoms with van der Waals surface area (Å²) in [5.41, 5.74) is 2.98. The van der Waals surface area contributed by atoms with Crippen molar-refractivity contribution in [1.29, 1.82) is 0 Å². The van der Waals surface area contributed by atoms with Crippen LogP contribution in [0.5, 0.6) is 11.5 Å². The summed E-state index contributed by atoms with van der Waals surface area (Å²) in [6.07, 6.45) is 0. The molecule has 0 saturated heterocycles. The fourth-order valence-electron chi connectivity index (χ4n) is 3.27. The first-order valence-electron chi connectivity index (χ1n) is 11.0. The normalized spacial score (nSPS) is 10.9. The molecule has 0 amide bonds. The van der Waals surface area contributed by atoms with E-state index >= 15 is 0 Å². The highest BCUT2D eigenvalue weighted by atomic mass is 35.5. The molecule has 0 radical (unpaired) electrons. The van der Waals surface area contributed by atoms with Crippen LogP contribution in [0.15, 0.2) is 78.0 Å². The number of thioether (sulfide) groups is 1. The van der Waals surface area contributed by atoms with E-state index in [1.165, 1.54) is 0 Å². The zero-order chi connectivity index (χ0) is 23.6. The maximum absolute atomic E-state index is 6.56. The SMILES string of the molecule is CCOc1cc(CNCCSc2nnnn2-c2ccccc2)c(Cl)cc1OCc1ccccc1. The fourth-order valence-corrected chi connectivity index (χ4v) is 4.27. The van der Waals surface area contributed by atoms with E-state index < -0.39 is 0 Å². The van der Waals surface area contributed by atoms with Gasteiger partial charge in [-0.1, -0.05) is 71.9 Å². The maximum atomic E-state index is 6.56. The van der Waals surface area contributed by atoms with E-state index in [-0.39, 0.29) is 0 Å². The van der Waals surface area contributed by atoms with Gasteiger partial charge in [-0.3, -0.25) is 0 Å².